The number of allylic oxidation sites excluding steroid dienone is 2. The topological polar surface area (TPSA) is 84.5 Å². The number of H-pyrrole nitrogens is 1. The zero-order valence-corrected chi connectivity index (χ0v) is 18.7. The molecular formula is C24H27N3O4. The second kappa shape index (κ2) is 7.11. The van der Waals surface area contributed by atoms with Crippen molar-refractivity contribution >= 4 is 28.5 Å². The van der Waals surface area contributed by atoms with Gasteiger partial charge in [-0.15, -0.1) is 0 Å². The van der Waals surface area contributed by atoms with Crippen molar-refractivity contribution in [1.29, 1.82) is 0 Å². The largest absolute Gasteiger partial charge is 0.465 e. The summed E-state index contributed by atoms with van der Waals surface area (Å²) in [4.78, 5) is 27.3. The van der Waals surface area contributed by atoms with Gasteiger partial charge in [0.25, 0.3) is 0 Å². The van der Waals surface area contributed by atoms with Crippen LogP contribution in [0.5, 0.6) is 0 Å². The van der Waals surface area contributed by atoms with Crippen LogP contribution in [0.25, 0.3) is 10.9 Å². The van der Waals surface area contributed by atoms with Crippen molar-refractivity contribution in [2.24, 2.45) is 0 Å². The minimum Gasteiger partial charge on any atom is -0.465 e. The molecule has 1 aromatic heterocycles. The first-order valence-corrected chi connectivity index (χ1v) is 10.2. The predicted molar refractivity (Wildman–Crippen MR) is 119 cm³/mol. The summed E-state index contributed by atoms with van der Waals surface area (Å²) in [5, 5.41) is 8.20. The lowest BCUT2D eigenvalue weighted by Gasteiger charge is -2.30. The number of benzene rings is 1. The molecule has 2 aromatic rings. The standard InChI is InChI=1S/C24H27N3O4/c1-23(2)13-24(3,4)18-16(23)11-17-15(12-25-26-17)19(18)27-10-8-7-9-14(21(28)30-5)20(27)22(29)31-6/h7-12H,13H2,1-6H3,(H,25,26). The summed E-state index contributed by atoms with van der Waals surface area (Å²) in [7, 11) is 2.59. The van der Waals surface area contributed by atoms with Crippen LogP contribution < -0.4 is 4.90 Å². The number of carbonyl (C=O) groups excluding carboxylic acids is 2. The number of hydrogen-bond donors (Lipinski definition) is 1. The fraction of sp³-hybridized carbons (Fsp3) is 0.375. The average molecular weight is 421 g/mol. The molecule has 7 heteroatoms. The van der Waals surface area contributed by atoms with Crippen LogP contribution in [0.1, 0.15) is 45.2 Å². The number of aromatic nitrogens is 2. The van der Waals surface area contributed by atoms with Gasteiger partial charge in [0.05, 0.1) is 37.2 Å². The molecule has 0 unspecified atom stereocenters. The summed E-state index contributed by atoms with van der Waals surface area (Å²) in [6.45, 7) is 8.86. The fourth-order valence-corrected chi connectivity index (χ4v) is 5.17. The molecule has 7 nitrogen and oxygen atoms in total. The maximum atomic E-state index is 13.0. The summed E-state index contributed by atoms with van der Waals surface area (Å²) < 4.78 is 10.1. The molecule has 1 aromatic carbocycles. The number of rotatable bonds is 3. The molecule has 1 aliphatic heterocycles. The highest BCUT2D eigenvalue weighted by Crippen LogP contribution is 2.55. The maximum Gasteiger partial charge on any atom is 0.355 e. The Kier molecular flexibility index (Phi) is 4.80. The van der Waals surface area contributed by atoms with Gasteiger partial charge in [0.1, 0.15) is 5.70 Å². The number of aromatic amines is 1. The van der Waals surface area contributed by atoms with E-state index in [1.54, 1.807) is 35.5 Å². The molecule has 0 saturated carbocycles. The average Bonchev–Trinajstić information content (AvgIpc) is 3.16. The van der Waals surface area contributed by atoms with E-state index in [1.165, 1.54) is 19.8 Å². The Hall–Kier alpha value is -3.35. The van der Waals surface area contributed by atoms with Crippen molar-refractivity contribution in [2.75, 3.05) is 19.1 Å². The maximum absolute atomic E-state index is 13.0. The third-order valence-electron chi connectivity index (χ3n) is 6.14. The molecule has 0 radical (unpaired) electrons. The van der Waals surface area contributed by atoms with E-state index in [9.17, 15) is 9.59 Å². The van der Waals surface area contributed by atoms with Gasteiger partial charge in [-0.3, -0.25) is 5.10 Å². The van der Waals surface area contributed by atoms with Crippen LogP contribution in [0.15, 0.2) is 48.0 Å². The molecule has 0 saturated heterocycles. The molecule has 0 amide bonds. The highest BCUT2D eigenvalue weighted by atomic mass is 16.5. The molecule has 162 valence electrons. The van der Waals surface area contributed by atoms with Crippen LogP contribution in [0, 0.1) is 0 Å². The first-order chi connectivity index (χ1) is 14.6. The van der Waals surface area contributed by atoms with Crippen molar-refractivity contribution < 1.29 is 19.1 Å². The van der Waals surface area contributed by atoms with E-state index in [4.69, 9.17) is 9.47 Å². The number of anilines is 1. The number of hydrogen-bond acceptors (Lipinski definition) is 6. The Labute approximate surface area is 181 Å². The lowest BCUT2D eigenvalue weighted by molar-refractivity contribution is -0.139. The Morgan fingerprint density at radius 3 is 2.45 bits per heavy atom. The molecule has 0 fully saturated rings. The normalized spacial score (nSPS) is 18.8. The number of esters is 2. The number of ether oxygens (including phenoxy) is 2. The summed E-state index contributed by atoms with van der Waals surface area (Å²) >= 11 is 0. The zero-order chi connectivity index (χ0) is 22.6. The van der Waals surface area contributed by atoms with Gasteiger partial charge in [-0.05, 0) is 46.6 Å². The molecule has 0 bridgehead atoms. The van der Waals surface area contributed by atoms with Crippen LogP contribution >= 0.6 is 0 Å². The molecule has 1 N–H and O–H groups in total. The fourth-order valence-electron chi connectivity index (χ4n) is 5.17. The quantitative estimate of drug-likeness (QED) is 0.754. The van der Waals surface area contributed by atoms with Crippen LogP contribution in [-0.2, 0) is 29.9 Å². The molecule has 0 atom stereocenters. The number of nitrogens with zero attached hydrogens (tertiary/aromatic N) is 2. The smallest absolute Gasteiger partial charge is 0.355 e. The lowest BCUT2D eigenvalue weighted by atomic mass is 9.81. The lowest BCUT2D eigenvalue weighted by Crippen LogP contribution is -2.29. The molecular weight excluding hydrogens is 394 g/mol. The predicted octanol–water partition coefficient (Wildman–Crippen LogP) is 4.01. The summed E-state index contributed by atoms with van der Waals surface area (Å²) in [6.07, 6.45) is 9.55. The van der Waals surface area contributed by atoms with E-state index in [-0.39, 0.29) is 22.1 Å². The van der Waals surface area contributed by atoms with E-state index in [0.29, 0.717) is 0 Å². The molecule has 31 heavy (non-hydrogen) atoms. The molecule has 2 heterocycles. The second-order valence-corrected chi connectivity index (χ2v) is 9.24. The van der Waals surface area contributed by atoms with E-state index in [0.717, 1.165) is 28.6 Å². The van der Waals surface area contributed by atoms with Crippen molar-refractivity contribution in [3.05, 3.63) is 59.1 Å². The van der Waals surface area contributed by atoms with Crippen LogP contribution in [0.3, 0.4) is 0 Å². The van der Waals surface area contributed by atoms with Gasteiger partial charge in [0.15, 0.2) is 0 Å². The third-order valence-corrected chi connectivity index (χ3v) is 6.14. The van der Waals surface area contributed by atoms with Gasteiger partial charge in [-0.2, -0.15) is 5.10 Å². The van der Waals surface area contributed by atoms with Gasteiger partial charge < -0.3 is 14.4 Å². The first kappa shape index (κ1) is 20.9. The molecule has 0 spiro atoms. The molecule has 1 aliphatic carbocycles. The molecule has 2 aliphatic rings. The highest BCUT2D eigenvalue weighted by molar-refractivity contribution is 6.08. The summed E-state index contributed by atoms with van der Waals surface area (Å²) in [5.74, 6) is -1.23. The van der Waals surface area contributed by atoms with Gasteiger partial charge in [-0.1, -0.05) is 33.8 Å². The number of fused-ring (bicyclic) bond motifs is 2. The van der Waals surface area contributed by atoms with Crippen molar-refractivity contribution in [3.8, 4) is 0 Å². The van der Waals surface area contributed by atoms with Crippen LogP contribution in [0.4, 0.5) is 5.69 Å². The van der Waals surface area contributed by atoms with Gasteiger partial charge in [0, 0.05) is 11.6 Å². The number of methoxy groups -OCH3 is 2. The molecule has 4 rings (SSSR count). The van der Waals surface area contributed by atoms with E-state index >= 15 is 0 Å². The van der Waals surface area contributed by atoms with Crippen LogP contribution in [-0.4, -0.2) is 36.4 Å². The number of nitrogens with one attached hydrogen (secondary N) is 1. The minimum atomic E-state index is -0.624. The summed E-state index contributed by atoms with van der Waals surface area (Å²) in [6, 6.07) is 2.15. The Morgan fingerprint density at radius 2 is 1.77 bits per heavy atom. The van der Waals surface area contributed by atoms with Crippen LogP contribution in [0.2, 0.25) is 0 Å². The minimum absolute atomic E-state index is 0.0684. The van der Waals surface area contributed by atoms with Gasteiger partial charge >= 0.3 is 11.9 Å². The van der Waals surface area contributed by atoms with Gasteiger partial charge in [-0.25, -0.2) is 9.59 Å². The number of carbonyl (C=O) groups is 2. The van der Waals surface area contributed by atoms with Crippen molar-refractivity contribution in [3.63, 3.8) is 0 Å². The Morgan fingerprint density at radius 1 is 1.06 bits per heavy atom. The van der Waals surface area contributed by atoms with Gasteiger partial charge in [0.2, 0.25) is 0 Å². The van der Waals surface area contributed by atoms with Crippen molar-refractivity contribution in [1.82, 2.24) is 10.2 Å². The SMILES string of the molecule is COC(=O)C1=C(C(=O)OC)N(c2c3c(cc4[nH]ncc24)C(C)(C)CC3(C)C)C=CC=C1. The Balaban J connectivity index is 2.12. The third kappa shape index (κ3) is 3.15. The van der Waals surface area contributed by atoms with E-state index < -0.39 is 11.9 Å². The zero-order valence-electron chi connectivity index (χ0n) is 18.7. The summed E-state index contributed by atoms with van der Waals surface area (Å²) in [5.41, 5.74) is 4.01. The van der Waals surface area contributed by atoms with Crippen molar-refractivity contribution in [2.45, 2.75) is 44.9 Å². The monoisotopic (exact) mass is 421 g/mol. The highest BCUT2D eigenvalue weighted by Gasteiger charge is 2.46. The second-order valence-electron chi connectivity index (χ2n) is 9.24. The first-order valence-electron chi connectivity index (χ1n) is 10.2. The Bertz CT molecular complexity index is 1180. The van der Waals surface area contributed by atoms with E-state index in [2.05, 4.69) is 44.0 Å². The van der Waals surface area contributed by atoms with E-state index in [1.807, 2.05) is 0 Å².